The third kappa shape index (κ3) is 4.08. The fourth-order valence-corrected chi connectivity index (χ4v) is 2.01. The van der Waals surface area contributed by atoms with E-state index in [4.69, 9.17) is 14.6 Å². The van der Waals surface area contributed by atoms with Gasteiger partial charge < -0.3 is 34.6 Å². The van der Waals surface area contributed by atoms with Gasteiger partial charge >= 0.3 is 11.9 Å². The van der Waals surface area contributed by atoms with Crippen molar-refractivity contribution in [3.05, 3.63) is 41.4 Å². The van der Waals surface area contributed by atoms with Crippen molar-refractivity contribution in [3.63, 3.8) is 0 Å². The summed E-state index contributed by atoms with van der Waals surface area (Å²) in [7, 11) is 1.37. The van der Waals surface area contributed by atoms with E-state index in [-0.39, 0.29) is 11.5 Å². The molecule has 134 valence electrons. The fraction of sp³-hybridized carbons (Fsp3) is 0.250. The molecule has 9 heteroatoms. The number of aliphatic hydroxyl groups is 3. The van der Waals surface area contributed by atoms with E-state index in [2.05, 4.69) is 4.74 Å². The number of rotatable bonds is 6. The average molecular weight is 352 g/mol. The molecule has 0 saturated heterocycles. The second-order valence-electron chi connectivity index (χ2n) is 4.98. The molecule has 25 heavy (non-hydrogen) atoms. The lowest BCUT2D eigenvalue weighted by atomic mass is 10.2. The largest absolute Gasteiger partial charge is 0.505 e. The highest BCUT2D eigenvalue weighted by atomic mass is 16.6. The highest BCUT2D eigenvalue weighted by Gasteiger charge is 2.41. The molecule has 2 atom stereocenters. The molecular formula is C16H16O9. The zero-order chi connectivity index (χ0) is 18.6. The summed E-state index contributed by atoms with van der Waals surface area (Å²) in [5, 5.41) is 37.5. The monoisotopic (exact) mass is 352 g/mol. The molecule has 1 aromatic carbocycles. The number of aliphatic hydroxyl groups excluding tert-OH is 3. The van der Waals surface area contributed by atoms with Crippen LogP contribution in [0.15, 0.2) is 35.8 Å². The summed E-state index contributed by atoms with van der Waals surface area (Å²) < 4.78 is 14.3. The lowest BCUT2D eigenvalue weighted by Gasteiger charge is -2.13. The summed E-state index contributed by atoms with van der Waals surface area (Å²) in [4.78, 5) is 23.3. The number of carbonyl (C=O) groups excluding carboxylic acids is 2. The molecule has 0 unspecified atom stereocenters. The number of hydrogen-bond acceptors (Lipinski definition) is 9. The van der Waals surface area contributed by atoms with Gasteiger partial charge in [-0.2, -0.15) is 0 Å². The van der Waals surface area contributed by atoms with Gasteiger partial charge in [0.2, 0.25) is 0 Å². The lowest BCUT2D eigenvalue weighted by Crippen LogP contribution is -2.31. The van der Waals surface area contributed by atoms with Gasteiger partial charge in [0.1, 0.15) is 6.10 Å². The number of ether oxygens (including phenoxy) is 3. The normalized spacial score (nSPS) is 18.4. The Hall–Kier alpha value is -3.04. The minimum absolute atomic E-state index is 0.0699. The Balaban J connectivity index is 2.09. The van der Waals surface area contributed by atoms with Gasteiger partial charge in [0.05, 0.1) is 13.7 Å². The third-order valence-electron chi connectivity index (χ3n) is 3.28. The van der Waals surface area contributed by atoms with Crippen LogP contribution in [0.1, 0.15) is 5.56 Å². The van der Waals surface area contributed by atoms with Crippen molar-refractivity contribution < 1.29 is 44.2 Å². The predicted molar refractivity (Wildman–Crippen MR) is 82.4 cm³/mol. The van der Waals surface area contributed by atoms with Gasteiger partial charge in [-0.05, 0) is 23.8 Å². The second-order valence-corrected chi connectivity index (χ2v) is 4.98. The van der Waals surface area contributed by atoms with Crippen LogP contribution in [0.2, 0.25) is 0 Å². The number of phenolic OH excluding ortho intramolecular Hbond substituents is 1. The van der Waals surface area contributed by atoms with Gasteiger partial charge in [-0.1, -0.05) is 6.07 Å². The molecule has 4 N–H and O–H groups in total. The summed E-state index contributed by atoms with van der Waals surface area (Å²) in [5.41, 5.74) is 0.507. The molecule has 0 aliphatic carbocycles. The third-order valence-corrected chi connectivity index (χ3v) is 3.28. The van der Waals surface area contributed by atoms with E-state index in [1.54, 1.807) is 0 Å². The van der Waals surface area contributed by atoms with E-state index < -0.39 is 42.3 Å². The van der Waals surface area contributed by atoms with Gasteiger partial charge in [-0.3, -0.25) is 0 Å². The molecule has 1 aliphatic heterocycles. The van der Waals surface area contributed by atoms with Crippen molar-refractivity contribution >= 4 is 18.0 Å². The van der Waals surface area contributed by atoms with Crippen LogP contribution >= 0.6 is 0 Å². The summed E-state index contributed by atoms with van der Waals surface area (Å²) in [6.45, 7) is -0.758. The molecule has 0 bridgehead atoms. The van der Waals surface area contributed by atoms with Crippen LogP contribution in [0.4, 0.5) is 0 Å². The van der Waals surface area contributed by atoms with Gasteiger partial charge in [-0.15, -0.1) is 0 Å². The lowest BCUT2D eigenvalue weighted by molar-refractivity contribution is -0.151. The summed E-state index contributed by atoms with van der Waals surface area (Å²) in [5.74, 6) is -3.52. The molecule has 1 heterocycles. The van der Waals surface area contributed by atoms with Crippen LogP contribution in [0.25, 0.3) is 6.08 Å². The van der Waals surface area contributed by atoms with E-state index in [1.807, 2.05) is 0 Å². The number of esters is 2. The fourth-order valence-electron chi connectivity index (χ4n) is 2.01. The maximum Gasteiger partial charge on any atom is 0.378 e. The molecule has 0 amide bonds. The Morgan fingerprint density at radius 3 is 2.76 bits per heavy atom. The Kier molecular flexibility index (Phi) is 5.63. The van der Waals surface area contributed by atoms with E-state index in [9.17, 15) is 24.9 Å². The number of methoxy groups -OCH3 is 1. The van der Waals surface area contributed by atoms with Crippen LogP contribution in [-0.4, -0.2) is 58.3 Å². The van der Waals surface area contributed by atoms with Crippen LogP contribution in [0, 0.1) is 0 Å². The number of aromatic hydroxyl groups is 1. The number of benzene rings is 1. The van der Waals surface area contributed by atoms with E-state index >= 15 is 0 Å². The predicted octanol–water partition coefficient (Wildman–Crippen LogP) is 0.00540. The van der Waals surface area contributed by atoms with Crippen molar-refractivity contribution in [2.75, 3.05) is 13.7 Å². The van der Waals surface area contributed by atoms with Gasteiger partial charge in [0.15, 0.2) is 23.4 Å². The molecule has 0 fully saturated rings. The maximum absolute atomic E-state index is 11.8. The molecule has 9 nitrogen and oxygen atoms in total. The first-order valence-corrected chi connectivity index (χ1v) is 7.07. The second kappa shape index (κ2) is 7.69. The zero-order valence-electron chi connectivity index (χ0n) is 13.1. The first kappa shape index (κ1) is 18.3. The Morgan fingerprint density at radius 1 is 1.40 bits per heavy atom. The Bertz CT molecular complexity index is 735. The smallest absolute Gasteiger partial charge is 0.378 e. The number of phenols is 1. The SMILES string of the molecule is COc1cc(/C=C/C(=O)OC2=C(O)[C@@H]([C@@H](O)CO)OC2=O)ccc1O. The average Bonchev–Trinajstić information content (AvgIpc) is 2.88. The quantitative estimate of drug-likeness (QED) is 0.411. The van der Waals surface area contributed by atoms with E-state index in [1.165, 1.54) is 31.4 Å². The van der Waals surface area contributed by atoms with Crippen LogP contribution < -0.4 is 4.74 Å². The molecule has 0 saturated carbocycles. The molecule has 0 spiro atoms. The van der Waals surface area contributed by atoms with Gasteiger partial charge in [0.25, 0.3) is 5.76 Å². The first-order chi connectivity index (χ1) is 11.9. The summed E-state index contributed by atoms with van der Waals surface area (Å²) in [6.07, 6.45) is -0.719. The van der Waals surface area contributed by atoms with E-state index in [0.29, 0.717) is 5.56 Å². The highest BCUT2D eigenvalue weighted by Crippen LogP contribution is 2.27. The summed E-state index contributed by atoms with van der Waals surface area (Å²) >= 11 is 0. The van der Waals surface area contributed by atoms with Crippen LogP contribution in [0.3, 0.4) is 0 Å². The number of carbonyl (C=O) groups is 2. The molecule has 1 aliphatic rings. The minimum atomic E-state index is -1.54. The topological polar surface area (TPSA) is 143 Å². The molecular weight excluding hydrogens is 336 g/mol. The maximum atomic E-state index is 11.8. The van der Waals surface area contributed by atoms with Crippen LogP contribution in [-0.2, 0) is 19.1 Å². The van der Waals surface area contributed by atoms with Crippen molar-refractivity contribution in [1.82, 2.24) is 0 Å². The number of cyclic esters (lactones) is 1. The molecule has 1 aromatic rings. The number of hydrogen-bond donors (Lipinski definition) is 4. The van der Waals surface area contributed by atoms with Crippen molar-refractivity contribution in [3.8, 4) is 11.5 Å². The highest BCUT2D eigenvalue weighted by molar-refractivity contribution is 5.96. The van der Waals surface area contributed by atoms with Gasteiger partial charge in [-0.25, -0.2) is 9.59 Å². The summed E-state index contributed by atoms with van der Waals surface area (Å²) in [6, 6.07) is 4.34. The first-order valence-electron chi connectivity index (χ1n) is 7.07. The molecule has 0 aromatic heterocycles. The van der Waals surface area contributed by atoms with Crippen molar-refractivity contribution in [2.24, 2.45) is 0 Å². The standard InChI is InChI=1S/C16H16O9/c1-23-11-6-8(2-4-9(11)18)3-5-12(20)24-15-13(21)14(10(19)7-17)25-16(15)22/h2-6,10,14,17-19,21H,7H2,1H3/b5-3+/t10-,14+/m0/s1. The van der Waals surface area contributed by atoms with Gasteiger partial charge in [0, 0.05) is 6.08 Å². The van der Waals surface area contributed by atoms with Crippen molar-refractivity contribution in [1.29, 1.82) is 0 Å². The Morgan fingerprint density at radius 2 is 2.12 bits per heavy atom. The Labute approximate surface area is 142 Å². The zero-order valence-corrected chi connectivity index (χ0v) is 13.1. The van der Waals surface area contributed by atoms with E-state index in [0.717, 1.165) is 6.08 Å². The molecule has 0 radical (unpaired) electrons. The molecule has 2 rings (SSSR count). The minimum Gasteiger partial charge on any atom is -0.505 e. The van der Waals surface area contributed by atoms with Crippen LogP contribution in [0.5, 0.6) is 11.5 Å². The van der Waals surface area contributed by atoms with Crippen molar-refractivity contribution in [2.45, 2.75) is 12.2 Å².